The Kier molecular flexibility index (Phi) is 5.98. The molecule has 0 spiro atoms. The van der Waals surface area contributed by atoms with Gasteiger partial charge in [-0.15, -0.1) is 11.8 Å². The molecular formula is C17H19NO3S. The summed E-state index contributed by atoms with van der Waals surface area (Å²) in [4.78, 5) is 17.3. The number of pyridine rings is 1. The van der Waals surface area contributed by atoms with Crippen molar-refractivity contribution in [1.82, 2.24) is 4.98 Å². The summed E-state index contributed by atoms with van der Waals surface area (Å²) in [5, 5.41) is 10.4. The first kappa shape index (κ1) is 16.5. The van der Waals surface area contributed by atoms with Crippen molar-refractivity contribution in [3.63, 3.8) is 0 Å². The van der Waals surface area contributed by atoms with E-state index in [1.54, 1.807) is 24.4 Å². The van der Waals surface area contributed by atoms with E-state index in [-0.39, 0.29) is 5.25 Å². The molecule has 0 aliphatic rings. The van der Waals surface area contributed by atoms with Crippen LogP contribution in [0.2, 0.25) is 0 Å². The maximum absolute atomic E-state index is 12.1. The van der Waals surface area contributed by atoms with Crippen molar-refractivity contribution in [1.29, 1.82) is 0 Å². The Labute approximate surface area is 134 Å². The average Bonchev–Trinajstić information content (AvgIpc) is 2.56. The van der Waals surface area contributed by atoms with E-state index in [1.165, 1.54) is 18.9 Å². The van der Waals surface area contributed by atoms with E-state index in [1.807, 2.05) is 37.3 Å². The summed E-state index contributed by atoms with van der Waals surface area (Å²) in [6.45, 7) is 1.91. The molecular weight excluding hydrogens is 298 g/mol. The molecule has 0 saturated carbocycles. The number of nitrogens with zero attached hydrogens (tertiary/aromatic N) is 1. The molecule has 0 radical (unpaired) electrons. The van der Waals surface area contributed by atoms with Crippen LogP contribution < -0.4 is 0 Å². The fourth-order valence-electron chi connectivity index (χ4n) is 2.24. The van der Waals surface area contributed by atoms with E-state index in [4.69, 9.17) is 4.74 Å². The Morgan fingerprint density at radius 1 is 1.18 bits per heavy atom. The quantitative estimate of drug-likeness (QED) is 0.655. The van der Waals surface area contributed by atoms with Gasteiger partial charge in [-0.1, -0.05) is 31.2 Å². The van der Waals surface area contributed by atoms with Crippen LogP contribution in [-0.4, -0.2) is 28.4 Å². The van der Waals surface area contributed by atoms with Gasteiger partial charge in [0.05, 0.1) is 12.8 Å². The van der Waals surface area contributed by atoms with Crippen molar-refractivity contribution in [2.24, 2.45) is 5.92 Å². The third kappa shape index (κ3) is 4.08. The maximum Gasteiger partial charge on any atom is 0.312 e. The number of aliphatic hydroxyl groups is 1. The van der Waals surface area contributed by atoms with Gasteiger partial charge in [-0.25, -0.2) is 0 Å². The highest BCUT2D eigenvalue weighted by Gasteiger charge is 2.35. The summed E-state index contributed by atoms with van der Waals surface area (Å²) in [5.41, 5.74) is 0.471. The van der Waals surface area contributed by atoms with Crippen LogP contribution in [0.5, 0.6) is 0 Å². The summed E-state index contributed by atoms with van der Waals surface area (Å²) in [7, 11) is 1.33. The minimum Gasteiger partial charge on any atom is -0.469 e. The second kappa shape index (κ2) is 7.96. The zero-order valence-electron chi connectivity index (χ0n) is 12.5. The topological polar surface area (TPSA) is 59.4 Å². The van der Waals surface area contributed by atoms with Gasteiger partial charge >= 0.3 is 5.97 Å². The van der Waals surface area contributed by atoms with Crippen molar-refractivity contribution >= 4 is 17.7 Å². The predicted octanol–water partition coefficient (Wildman–Crippen LogP) is 3.09. The van der Waals surface area contributed by atoms with Crippen molar-refractivity contribution in [3.8, 4) is 0 Å². The predicted molar refractivity (Wildman–Crippen MR) is 86.5 cm³/mol. The molecule has 2 rings (SSSR count). The van der Waals surface area contributed by atoms with Crippen molar-refractivity contribution in [2.75, 3.05) is 7.11 Å². The summed E-state index contributed by atoms with van der Waals surface area (Å²) in [6.07, 6.45) is 0.599. The molecule has 1 aromatic carbocycles. The molecule has 1 aromatic heterocycles. The molecule has 3 atom stereocenters. The smallest absolute Gasteiger partial charge is 0.312 e. The van der Waals surface area contributed by atoms with Gasteiger partial charge in [0.25, 0.3) is 0 Å². The van der Waals surface area contributed by atoms with Gasteiger partial charge < -0.3 is 9.84 Å². The summed E-state index contributed by atoms with van der Waals surface area (Å²) in [5.74, 6) is -1.13. The minimum absolute atomic E-state index is 0.160. The lowest BCUT2D eigenvalue weighted by Gasteiger charge is -2.25. The Morgan fingerprint density at radius 3 is 2.45 bits per heavy atom. The number of esters is 1. The molecule has 4 nitrogen and oxygen atoms in total. The van der Waals surface area contributed by atoms with Crippen LogP contribution >= 0.6 is 11.8 Å². The molecule has 0 fully saturated rings. The van der Waals surface area contributed by atoms with Crippen LogP contribution in [0, 0.1) is 5.92 Å². The van der Waals surface area contributed by atoms with Gasteiger partial charge in [0.15, 0.2) is 0 Å². The van der Waals surface area contributed by atoms with Gasteiger partial charge in [0.1, 0.15) is 12.0 Å². The van der Waals surface area contributed by atoms with Gasteiger partial charge in [0, 0.05) is 16.3 Å². The van der Waals surface area contributed by atoms with E-state index in [0.717, 1.165) is 4.90 Å². The lowest BCUT2D eigenvalue weighted by Crippen LogP contribution is -2.31. The highest BCUT2D eigenvalue weighted by Crippen LogP contribution is 2.34. The lowest BCUT2D eigenvalue weighted by atomic mass is 9.96. The monoisotopic (exact) mass is 317 g/mol. The number of aromatic nitrogens is 1. The van der Waals surface area contributed by atoms with Gasteiger partial charge in [-0.05, 0) is 24.3 Å². The molecule has 116 valence electrons. The largest absolute Gasteiger partial charge is 0.469 e. The van der Waals surface area contributed by atoms with Crippen molar-refractivity contribution in [2.45, 2.75) is 23.2 Å². The molecule has 0 saturated heterocycles. The number of hydrogen-bond donors (Lipinski definition) is 1. The number of carbonyl (C=O) groups excluding carboxylic acids is 1. The lowest BCUT2D eigenvalue weighted by molar-refractivity contribution is -0.149. The second-order valence-corrected chi connectivity index (χ2v) is 6.34. The zero-order chi connectivity index (χ0) is 15.9. The van der Waals surface area contributed by atoms with Crippen LogP contribution in [0.15, 0.2) is 59.6 Å². The van der Waals surface area contributed by atoms with Crippen LogP contribution in [0.25, 0.3) is 0 Å². The molecule has 0 bridgehead atoms. The summed E-state index contributed by atoms with van der Waals surface area (Å²) < 4.78 is 4.87. The molecule has 1 N–H and O–H groups in total. The first-order valence-electron chi connectivity index (χ1n) is 7.02. The number of ether oxygens (including phenoxy) is 1. The maximum atomic E-state index is 12.1. The molecule has 2 aromatic rings. The molecule has 0 aliphatic carbocycles. The fraction of sp³-hybridized carbons (Fsp3) is 0.294. The van der Waals surface area contributed by atoms with Crippen molar-refractivity contribution < 1.29 is 14.6 Å². The number of aliphatic hydroxyl groups excluding tert-OH is 1. The third-order valence-corrected chi connectivity index (χ3v) is 4.58. The number of hydrogen-bond acceptors (Lipinski definition) is 5. The zero-order valence-corrected chi connectivity index (χ0v) is 13.4. The van der Waals surface area contributed by atoms with Crippen molar-refractivity contribution in [3.05, 3.63) is 60.4 Å². The van der Waals surface area contributed by atoms with Crippen LogP contribution in [0.3, 0.4) is 0 Å². The number of methoxy groups -OCH3 is 1. The van der Waals surface area contributed by atoms with Gasteiger partial charge in [0.2, 0.25) is 0 Å². The Hall–Kier alpha value is -1.85. The Bertz CT molecular complexity index is 591. The van der Waals surface area contributed by atoms with E-state index in [0.29, 0.717) is 5.69 Å². The standard InChI is InChI=1S/C17H19NO3S/c1-12(22-13-8-4-3-5-9-13)15(17(20)21-2)16(19)14-10-6-7-11-18-14/h3-12,15-16,19H,1-2H3/t12-,15+,16?/m0/s1. The second-order valence-electron chi connectivity index (χ2n) is 4.88. The van der Waals surface area contributed by atoms with Gasteiger partial charge in [-0.3, -0.25) is 9.78 Å². The highest BCUT2D eigenvalue weighted by molar-refractivity contribution is 8.00. The number of rotatable bonds is 6. The molecule has 1 unspecified atom stereocenters. The van der Waals surface area contributed by atoms with Crippen LogP contribution in [0.1, 0.15) is 18.7 Å². The van der Waals surface area contributed by atoms with E-state index < -0.39 is 18.0 Å². The summed E-state index contributed by atoms with van der Waals surface area (Å²) >= 11 is 1.53. The van der Waals surface area contributed by atoms with Gasteiger partial charge in [-0.2, -0.15) is 0 Å². The molecule has 0 amide bonds. The molecule has 1 heterocycles. The number of thioether (sulfide) groups is 1. The summed E-state index contributed by atoms with van der Waals surface area (Å²) in [6, 6.07) is 15.0. The molecule has 5 heteroatoms. The highest BCUT2D eigenvalue weighted by atomic mass is 32.2. The minimum atomic E-state index is -1.00. The number of carbonyl (C=O) groups is 1. The Morgan fingerprint density at radius 2 is 1.86 bits per heavy atom. The molecule has 0 aliphatic heterocycles. The van der Waals surface area contributed by atoms with Crippen LogP contribution in [0.4, 0.5) is 0 Å². The number of benzene rings is 1. The Balaban J connectivity index is 2.20. The van der Waals surface area contributed by atoms with E-state index in [9.17, 15) is 9.90 Å². The van der Waals surface area contributed by atoms with E-state index in [2.05, 4.69) is 4.98 Å². The fourth-order valence-corrected chi connectivity index (χ4v) is 3.39. The molecule has 22 heavy (non-hydrogen) atoms. The van der Waals surface area contributed by atoms with E-state index >= 15 is 0 Å². The normalized spacial score (nSPS) is 14.9. The first-order chi connectivity index (χ1) is 10.6. The first-order valence-corrected chi connectivity index (χ1v) is 7.90. The SMILES string of the molecule is COC(=O)[C@@H](C(O)c1ccccn1)[C@H](C)Sc1ccccc1. The van der Waals surface area contributed by atoms with Crippen LogP contribution in [-0.2, 0) is 9.53 Å². The average molecular weight is 317 g/mol. The third-order valence-electron chi connectivity index (χ3n) is 3.38.